The molecule has 54 valence electrons. The van der Waals surface area contributed by atoms with E-state index in [-0.39, 0.29) is 5.96 Å². The summed E-state index contributed by atoms with van der Waals surface area (Å²) in [5.41, 5.74) is 5.14. The van der Waals surface area contributed by atoms with Crippen LogP contribution in [-0.4, -0.2) is 31.3 Å². The Balaban J connectivity index is 3.92. The van der Waals surface area contributed by atoms with Crippen molar-refractivity contribution in [2.24, 2.45) is 15.7 Å². The molecule has 0 rings (SSSR count). The minimum absolute atomic E-state index is 0.0313. The Morgan fingerprint density at radius 3 is 2.70 bits per heavy atom. The lowest BCUT2D eigenvalue weighted by molar-refractivity contribution is 0.644. The van der Waals surface area contributed by atoms with Crippen LogP contribution in [0.2, 0.25) is 0 Å². The van der Waals surface area contributed by atoms with Crippen LogP contribution in [0.3, 0.4) is 0 Å². The molecule has 0 aliphatic rings. The smallest absolute Gasteiger partial charge is 0.232 e. The number of hydrogen-bond acceptors (Lipinski definition) is 2. The highest BCUT2D eigenvalue weighted by molar-refractivity contribution is 5.86. The quantitative estimate of drug-likeness (QED) is 0.298. The van der Waals surface area contributed by atoms with Gasteiger partial charge in [-0.1, -0.05) is 0 Å². The molecular formula is C5H9N5. The molecule has 5 nitrogen and oxygen atoms in total. The second-order valence-electron chi connectivity index (χ2n) is 1.78. The van der Waals surface area contributed by atoms with E-state index in [0.717, 1.165) is 0 Å². The Labute approximate surface area is 59.5 Å². The number of aliphatic imine (C=N–C) groups is 2. The number of guanidine groups is 1. The van der Waals surface area contributed by atoms with Crippen molar-refractivity contribution in [1.29, 1.82) is 5.26 Å². The normalized spacial score (nSPS) is 11.5. The lowest BCUT2D eigenvalue weighted by atomic mass is 10.9. The molecule has 0 atom stereocenters. The molecule has 0 aromatic rings. The van der Waals surface area contributed by atoms with Crippen LogP contribution in [0.1, 0.15) is 0 Å². The van der Waals surface area contributed by atoms with Gasteiger partial charge in [-0.15, -0.1) is 4.99 Å². The molecule has 0 saturated heterocycles. The Hall–Kier alpha value is -1.57. The molecule has 0 heterocycles. The Kier molecular flexibility index (Phi) is 3.64. The molecule has 10 heavy (non-hydrogen) atoms. The van der Waals surface area contributed by atoms with Crippen molar-refractivity contribution in [2.75, 3.05) is 14.1 Å². The third-order valence-electron chi connectivity index (χ3n) is 0.585. The van der Waals surface area contributed by atoms with Gasteiger partial charge in [-0.25, -0.2) is 4.99 Å². The minimum Gasteiger partial charge on any atom is -0.369 e. The molecule has 0 aromatic heterocycles. The van der Waals surface area contributed by atoms with Gasteiger partial charge in [0.15, 0.2) is 0 Å². The van der Waals surface area contributed by atoms with Gasteiger partial charge in [-0.2, -0.15) is 5.26 Å². The van der Waals surface area contributed by atoms with Gasteiger partial charge in [-0.3, -0.25) is 0 Å². The first kappa shape index (κ1) is 8.43. The SMILES string of the molecule is CN(C)C=NC(N)=NC#N. The van der Waals surface area contributed by atoms with Crippen LogP contribution in [0.25, 0.3) is 0 Å². The fourth-order valence-corrected chi connectivity index (χ4v) is 0.255. The maximum atomic E-state index is 8.00. The molecule has 0 unspecified atom stereocenters. The van der Waals surface area contributed by atoms with E-state index in [4.69, 9.17) is 11.0 Å². The van der Waals surface area contributed by atoms with Crippen molar-refractivity contribution in [3.05, 3.63) is 0 Å². The summed E-state index contributed by atoms with van der Waals surface area (Å²) in [7, 11) is 3.59. The van der Waals surface area contributed by atoms with Gasteiger partial charge in [0.1, 0.15) is 0 Å². The van der Waals surface area contributed by atoms with Crippen LogP contribution in [0.5, 0.6) is 0 Å². The summed E-state index contributed by atoms with van der Waals surface area (Å²) in [4.78, 5) is 8.49. The molecule has 0 spiro atoms. The highest BCUT2D eigenvalue weighted by Gasteiger charge is 1.82. The molecule has 0 aliphatic heterocycles. The molecular weight excluding hydrogens is 130 g/mol. The predicted molar refractivity (Wildman–Crippen MR) is 39.4 cm³/mol. The fourth-order valence-electron chi connectivity index (χ4n) is 0.255. The summed E-state index contributed by atoms with van der Waals surface area (Å²) < 4.78 is 0. The van der Waals surface area contributed by atoms with E-state index in [1.54, 1.807) is 19.0 Å². The maximum absolute atomic E-state index is 8.00. The van der Waals surface area contributed by atoms with Crippen LogP contribution < -0.4 is 5.73 Å². The molecule has 2 N–H and O–H groups in total. The molecule has 0 fully saturated rings. The molecule has 0 aliphatic carbocycles. The third-order valence-corrected chi connectivity index (χ3v) is 0.585. The largest absolute Gasteiger partial charge is 0.369 e. The van der Waals surface area contributed by atoms with Crippen LogP contribution in [0.4, 0.5) is 0 Å². The van der Waals surface area contributed by atoms with Crippen molar-refractivity contribution in [2.45, 2.75) is 0 Å². The van der Waals surface area contributed by atoms with Gasteiger partial charge in [-0.05, 0) is 0 Å². The first-order valence-electron chi connectivity index (χ1n) is 2.59. The Morgan fingerprint density at radius 2 is 2.30 bits per heavy atom. The highest BCUT2D eigenvalue weighted by Crippen LogP contribution is 1.70. The van der Waals surface area contributed by atoms with E-state index < -0.39 is 0 Å². The second-order valence-corrected chi connectivity index (χ2v) is 1.78. The summed E-state index contributed by atoms with van der Waals surface area (Å²) in [6, 6.07) is 0. The number of nitrogens with two attached hydrogens (primary N) is 1. The maximum Gasteiger partial charge on any atom is 0.232 e. The van der Waals surface area contributed by atoms with Gasteiger partial charge >= 0.3 is 0 Å². The average molecular weight is 139 g/mol. The third kappa shape index (κ3) is 4.59. The fraction of sp³-hybridized carbons (Fsp3) is 0.400. The lowest BCUT2D eigenvalue weighted by Crippen LogP contribution is -2.13. The van der Waals surface area contributed by atoms with Crippen molar-refractivity contribution in [3.8, 4) is 6.19 Å². The van der Waals surface area contributed by atoms with E-state index in [0.29, 0.717) is 0 Å². The monoisotopic (exact) mass is 139 g/mol. The van der Waals surface area contributed by atoms with Crippen molar-refractivity contribution < 1.29 is 0 Å². The summed E-state index contributed by atoms with van der Waals surface area (Å²) in [6.07, 6.45) is 2.99. The second kappa shape index (κ2) is 4.32. The lowest BCUT2D eigenvalue weighted by Gasteiger charge is -2.00. The predicted octanol–water partition coefficient (Wildman–Crippen LogP) is -0.628. The van der Waals surface area contributed by atoms with Crippen LogP contribution in [0.15, 0.2) is 9.98 Å². The summed E-state index contributed by atoms with van der Waals surface area (Å²) in [5.74, 6) is -0.0313. The van der Waals surface area contributed by atoms with E-state index in [1.165, 1.54) is 12.5 Å². The zero-order valence-corrected chi connectivity index (χ0v) is 5.94. The topological polar surface area (TPSA) is 77.8 Å². The van der Waals surface area contributed by atoms with Gasteiger partial charge < -0.3 is 10.6 Å². The number of nitrogens with zero attached hydrogens (tertiary/aromatic N) is 4. The first-order chi connectivity index (χ1) is 4.66. The van der Waals surface area contributed by atoms with Crippen molar-refractivity contribution in [3.63, 3.8) is 0 Å². The van der Waals surface area contributed by atoms with Crippen LogP contribution >= 0.6 is 0 Å². The van der Waals surface area contributed by atoms with Gasteiger partial charge in [0, 0.05) is 14.1 Å². The molecule has 5 heteroatoms. The summed E-state index contributed by atoms with van der Waals surface area (Å²) in [5, 5.41) is 8.00. The molecule has 0 radical (unpaired) electrons. The number of nitriles is 1. The summed E-state index contributed by atoms with van der Waals surface area (Å²) in [6.45, 7) is 0. The molecule has 0 saturated carbocycles. The minimum atomic E-state index is -0.0313. The summed E-state index contributed by atoms with van der Waals surface area (Å²) >= 11 is 0. The average Bonchev–Trinajstić information content (AvgIpc) is 1.85. The molecule has 0 bridgehead atoms. The van der Waals surface area contributed by atoms with E-state index in [2.05, 4.69) is 9.98 Å². The Bertz CT molecular complexity index is 185. The van der Waals surface area contributed by atoms with Crippen LogP contribution in [-0.2, 0) is 0 Å². The van der Waals surface area contributed by atoms with Gasteiger partial charge in [0.05, 0.1) is 6.34 Å². The van der Waals surface area contributed by atoms with Crippen molar-refractivity contribution in [1.82, 2.24) is 4.90 Å². The zero-order valence-electron chi connectivity index (χ0n) is 5.94. The molecule has 0 amide bonds. The van der Waals surface area contributed by atoms with Crippen LogP contribution in [0, 0.1) is 11.5 Å². The highest BCUT2D eigenvalue weighted by atomic mass is 15.1. The first-order valence-corrected chi connectivity index (χ1v) is 2.59. The van der Waals surface area contributed by atoms with Gasteiger partial charge in [0.2, 0.25) is 12.2 Å². The van der Waals surface area contributed by atoms with Gasteiger partial charge in [0.25, 0.3) is 0 Å². The van der Waals surface area contributed by atoms with E-state index in [9.17, 15) is 0 Å². The van der Waals surface area contributed by atoms with Crippen molar-refractivity contribution >= 4 is 12.3 Å². The van der Waals surface area contributed by atoms with E-state index in [1.807, 2.05) is 0 Å². The molecule has 0 aromatic carbocycles. The number of hydrogen-bond donors (Lipinski definition) is 1. The standard InChI is InChI=1S/C5H9N5/c1-10(2)4-9-5(7)8-3-6/h4H,1-2H3,(H2,7,8). The Morgan fingerprint density at radius 1 is 1.70 bits per heavy atom. The zero-order chi connectivity index (χ0) is 7.98. The number of rotatable bonds is 1. The van der Waals surface area contributed by atoms with E-state index >= 15 is 0 Å².